The average molecular weight is 398 g/mol. The highest BCUT2D eigenvalue weighted by atomic mass is 17.2. The van der Waals surface area contributed by atoms with Crippen molar-refractivity contribution in [3.05, 3.63) is 82.4 Å². The highest BCUT2D eigenvalue weighted by molar-refractivity contribution is 5.88. The Bertz CT molecular complexity index is 1020. The zero-order valence-electron chi connectivity index (χ0n) is 14.6. The molecule has 0 aliphatic rings. The number of hydrogen-bond acceptors (Lipinski definition) is 8. The van der Waals surface area contributed by atoms with Gasteiger partial charge >= 0.3 is 5.97 Å². The summed E-state index contributed by atoms with van der Waals surface area (Å²) in [5.41, 5.74) is 2.55. The van der Waals surface area contributed by atoms with Crippen molar-refractivity contribution in [2.75, 3.05) is 5.48 Å². The second kappa shape index (κ2) is 8.69. The fourth-order valence-electron chi connectivity index (χ4n) is 2.36. The number of carbonyl (C=O) groups is 1. The van der Waals surface area contributed by atoms with Crippen LogP contribution in [-0.2, 0) is 4.99 Å². The number of rotatable bonds is 8. The van der Waals surface area contributed by atoms with Crippen LogP contribution in [0.1, 0.15) is 10.4 Å². The van der Waals surface area contributed by atoms with Gasteiger partial charge in [0.25, 0.3) is 5.69 Å². The van der Waals surface area contributed by atoms with Crippen LogP contribution in [0.3, 0.4) is 0 Å². The van der Waals surface area contributed by atoms with Gasteiger partial charge in [0.2, 0.25) is 0 Å². The van der Waals surface area contributed by atoms with Crippen molar-refractivity contribution in [2.24, 2.45) is 0 Å². The van der Waals surface area contributed by atoms with E-state index in [2.05, 4.69) is 10.5 Å². The summed E-state index contributed by atoms with van der Waals surface area (Å²) in [5.74, 6) is -0.0916. The summed E-state index contributed by atoms with van der Waals surface area (Å²) in [6.45, 7) is 0. The predicted octanol–water partition coefficient (Wildman–Crippen LogP) is 4.69. The molecule has 3 N–H and O–H groups in total. The number of nitrogens with one attached hydrogen (secondary N) is 1. The average Bonchev–Trinajstić information content (AvgIpc) is 2.70. The highest BCUT2D eigenvalue weighted by Crippen LogP contribution is 2.31. The fourth-order valence-corrected chi connectivity index (χ4v) is 2.36. The first-order valence-electron chi connectivity index (χ1n) is 8.09. The second-order valence-corrected chi connectivity index (χ2v) is 5.67. The molecule has 0 spiro atoms. The van der Waals surface area contributed by atoms with Gasteiger partial charge in [-0.3, -0.25) is 10.1 Å². The minimum absolute atomic E-state index is 0.0635. The lowest BCUT2D eigenvalue weighted by Crippen LogP contribution is -1.98. The summed E-state index contributed by atoms with van der Waals surface area (Å²) in [7, 11) is 0. The molecule has 0 aliphatic heterocycles. The quantitative estimate of drug-likeness (QED) is 0.280. The van der Waals surface area contributed by atoms with Gasteiger partial charge in [0, 0.05) is 18.2 Å². The zero-order chi connectivity index (χ0) is 20.8. The third kappa shape index (κ3) is 5.19. The van der Waals surface area contributed by atoms with Crippen molar-refractivity contribution < 1.29 is 34.5 Å². The van der Waals surface area contributed by atoms with Crippen molar-refractivity contribution >= 4 is 17.3 Å². The molecule has 0 aromatic heterocycles. The van der Waals surface area contributed by atoms with E-state index in [1.54, 1.807) is 24.3 Å². The predicted molar refractivity (Wildman–Crippen MR) is 100 cm³/mol. The standard InChI is InChI=1S/C19H14N2O8/c22-19(23)12-9-17(27-15-5-1-13(2-6-15)20-29-26)11-18(10-12)28-16-7-3-14(4-8-16)21(24)25/h1-11,20,26H,(H,22,23). The van der Waals surface area contributed by atoms with Crippen LogP contribution in [0.2, 0.25) is 0 Å². The fraction of sp³-hybridized carbons (Fsp3) is 0. The maximum absolute atomic E-state index is 11.4. The molecule has 0 unspecified atom stereocenters. The van der Waals surface area contributed by atoms with Gasteiger partial charge in [-0.25, -0.2) is 15.5 Å². The third-order valence-corrected chi connectivity index (χ3v) is 3.66. The second-order valence-electron chi connectivity index (χ2n) is 5.67. The molecule has 148 valence electrons. The molecule has 0 aliphatic carbocycles. The molecule has 10 nitrogen and oxygen atoms in total. The maximum Gasteiger partial charge on any atom is 0.335 e. The molecule has 0 saturated heterocycles. The topological polar surface area (TPSA) is 140 Å². The molecule has 0 amide bonds. The third-order valence-electron chi connectivity index (χ3n) is 3.66. The van der Waals surface area contributed by atoms with Crippen LogP contribution in [0.15, 0.2) is 66.7 Å². The van der Waals surface area contributed by atoms with Crippen LogP contribution in [0.25, 0.3) is 0 Å². The van der Waals surface area contributed by atoms with Gasteiger partial charge in [-0.1, -0.05) is 0 Å². The van der Waals surface area contributed by atoms with Crippen molar-refractivity contribution in [1.29, 1.82) is 0 Å². The number of carboxylic acid groups (broad SMARTS) is 1. The van der Waals surface area contributed by atoms with E-state index in [9.17, 15) is 20.0 Å². The number of nitro benzene ring substituents is 1. The smallest absolute Gasteiger partial charge is 0.335 e. The highest BCUT2D eigenvalue weighted by Gasteiger charge is 2.11. The Kier molecular flexibility index (Phi) is 5.88. The number of nitro groups is 1. The first-order chi connectivity index (χ1) is 13.9. The SMILES string of the molecule is O=C(O)c1cc(Oc2ccc(NOO)cc2)cc(Oc2ccc([N+](=O)[O-])cc2)c1. The molecular weight excluding hydrogens is 384 g/mol. The van der Waals surface area contributed by atoms with E-state index in [1.165, 1.54) is 42.5 Å². The number of nitrogens with zero attached hydrogens (tertiary/aromatic N) is 1. The van der Waals surface area contributed by atoms with Crippen LogP contribution in [0, 0.1) is 10.1 Å². The lowest BCUT2D eigenvalue weighted by molar-refractivity contribution is -0.384. The van der Waals surface area contributed by atoms with E-state index in [0.29, 0.717) is 17.2 Å². The molecule has 3 aromatic rings. The monoisotopic (exact) mass is 398 g/mol. The van der Waals surface area contributed by atoms with Crippen LogP contribution in [0.4, 0.5) is 11.4 Å². The number of benzene rings is 3. The molecule has 0 bridgehead atoms. The van der Waals surface area contributed by atoms with Crippen LogP contribution >= 0.6 is 0 Å². The van der Waals surface area contributed by atoms with E-state index in [0.717, 1.165) is 0 Å². The number of non-ortho nitro benzene ring substituents is 1. The summed E-state index contributed by atoms with van der Waals surface area (Å²) in [4.78, 5) is 25.4. The van der Waals surface area contributed by atoms with Crippen LogP contribution < -0.4 is 15.0 Å². The van der Waals surface area contributed by atoms with Gasteiger partial charge in [0.15, 0.2) is 0 Å². The van der Waals surface area contributed by atoms with Crippen LogP contribution in [-0.4, -0.2) is 21.3 Å². The lowest BCUT2D eigenvalue weighted by Gasteiger charge is -2.11. The zero-order valence-corrected chi connectivity index (χ0v) is 14.6. The van der Waals surface area contributed by atoms with E-state index in [4.69, 9.17) is 14.7 Å². The number of hydrogen-bond donors (Lipinski definition) is 3. The summed E-state index contributed by atoms with van der Waals surface area (Å²) < 4.78 is 11.3. The summed E-state index contributed by atoms with van der Waals surface area (Å²) in [6, 6.07) is 15.8. The van der Waals surface area contributed by atoms with Crippen molar-refractivity contribution in [3.63, 3.8) is 0 Å². The van der Waals surface area contributed by atoms with E-state index in [-0.39, 0.29) is 22.7 Å². The van der Waals surface area contributed by atoms with Gasteiger partial charge in [-0.15, -0.1) is 4.99 Å². The van der Waals surface area contributed by atoms with Gasteiger partial charge in [0.1, 0.15) is 23.0 Å². The minimum Gasteiger partial charge on any atom is -0.478 e. The molecule has 3 rings (SSSR count). The van der Waals surface area contributed by atoms with Crippen molar-refractivity contribution in [2.45, 2.75) is 0 Å². The van der Waals surface area contributed by atoms with Crippen molar-refractivity contribution in [3.8, 4) is 23.0 Å². The molecular formula is C19H14N2O8. The Morgan fingerprint density at radius 1 is 0.862 bits per heavy atom. The molecule has 0 heterocycles. The van der Waals surface area contributed by atoms with Gasteiger partial charge in [-0.2, -0.15) is 0 Å². The molecule has 10 heteroatoms. The largest absolute Gasteiger partial charge is 0.478 e. The molecule has 29 heavy (non-hydrogen) atoms. The van der Waals surface area contributed by atoms with Gasteiger partial charge in [0.05, 0.1) is 16.2 Å². The molecule has 0 fully saturated rings. The maximum atomic E-state index is 11.4. The van der Waals surface area contributed by atoms with E-state index in [1.807, 2.05) is 0 Å². The first-order valence-corrected chi connectivity index (χ1v) is 8.09. The number of anilines is 1. The normalized spacial score (nSPS) is 10.2. The number of aromatic carboxylic acids is 1. The van der Waals surface area contributed by atoms with Crippen molar-refractivity contribution in [1.82, 2.24) is 0 Å². The summed E-state index contributed by atoms with van der Waals surface area (Å²) in [5, 5.41) is 28.4. The summed E-state index contributed by atoms with van der Waals surface area (Å²) >= 11 is 0. The summed E-state index contributed by atoms with van der Waals surface area (Å²) in [6.07, 6.45) is 0. The molecule has 0 atom stereocenters. The first kappa shape index (κ1) is 19.6. The lowest BCUT2D eigenvalue weighted by atomic mass is 10.2. The minimum atomic E-state index is -1.18. The van der Waals surface area contributed by atoms with E-state index >= 15 is 0 Å². The van der Waals surface area contributed by atoms with E-state index < -0.39 is 10.9 Å². The number of ether oxygens (including phenoxy) is 2. The Morgan fingerprint density at radius 2 is 1.38 bits per heavy atom. The van der Waals surface area contributed by atoms with Gasteiger partial charge in [-0.05, 0) is 48.5 Å². The molecule has 3 aromatic carbocycles. The van der Waals surface area contributed by atoms with Gasteiger partial charge < -0.3 is 14.6 Å². The molecule has 0 saturated carbocycles. The Hall–Kier alpha value is -4.15. The Morgan fingerprint density at radius 3 is 1.83 bits per heavy atom. The Balaban J connectivity index is 1.83. The number of carboxylic acids is 1. The Labute approximate surface area is 163 Å². The van der Waals surface area contributed by atoms with Crippen LogP contribution in [0.5, 0.6) is 23.0 Å². The molecule has 0 radical (unpaired) electrons.